The molecule has 0 saturated carbocycles. The Kier molecular flexibility index (Phi) is 6.82. The molecule has 0 aromatic carbocycles. The van der Waals surface area contributed by atoms with E-state index < -0.39 is 11.5 Å². The maximum atomic E-state index is 11.3. The molecule has 0 aromatic heterocycles. The third-order valence-electron chi connectivity index (χ3n) is 4.06. The predicted molar refractivity (Wildman–Crippen MR) is 75.3 cm³/mol. The van der Waals surface area contributed by atoms with E-state index in [2.05, 4.69) is 4.90 Å². The van der Waals surface area contributed by atoms with Crippen molar-refractivity contribution in [1.82, 2.24) is 4.90 Å². The van der Waals surface area contributed by atoms with Gasteiger partial charge >= 0.3 is 5.97 Å². The van der Waals surface area contributed by atoms with E-state index in [-0.39, 0.29) is 12.6 Å². The fourth-order valence-corrected chi connectivity index (χ4v) is 2.66. The van der Waals surface area contributed by atoms with Crippen LogP contribution in [0.4, 0.5) is 0 Å². The molecule has 1 fully saturated rings. The molecular formula is C13H25BN2O3. The van der Waals surface area contributed by atoms with E-state index >= 15 is 0 Å². The zero-order valence-corrected chi connectivity index (χ0v) is 11.6. The van der Waals surface area contributed by atoms with Crippen molar-refractivity contribution in [2.75, 3.05) is 19.7 Å². The fourth-order valence-electron chi connectivity index (χ4n) is 2.66. The summed E-state index contributed by atoms with van der Waals surface area (Å²) in [6.07, 6.45) is 5.02. The number of hydrogen-bond donors (Lipinski definition) is 3. The van der Waals surface area contributed by atoms with Crippen LogP contribution in [0.3, 0.4) is 0 Å². The third kappa shape index (κ3) is 4.78. The van der Waals surface area contributed by atoms with Crippen LogP contribution in [-0.2, 0) is 4.79 Å². The molecule has 5 nitrogen and oxygen atoms in total. The Hall–Kier alpha value is -0.585. The molecule has 1 aliphatic rings. The number of aliphatic hydroxyl groups excluding tert-OH is 1. The van der Waals surface area contributed by atoms with E-state index in [0.29, 0.717) is 25.7 Å². The standard InChI is InChI=1S/C13H25BN2O3/c14-7-2-1-5-13(15,12(18)19)6-9-16-8-3-4-11(16)10-17/h11,17H,1-10,15H2,(H,18,19)/t11-,13-/m1/s1. The summed E-state index contributed by atoms with van der Waals surface area (Å²) in [6.45, 7) is 1.69. The van der Waals surface area contributed by atoms with Crippen LogP contribution in [-0.4, -0.2) is 60.2 Å². The lowest BCUT2D eigenvalue weighted by molar-refractivity contribution is -0.144. The lowest BCUT2D eigenvalue weighted by Gasteiger charge is -2.29. The summed E-state index contributed by atoms with van der Waals surface area (Å²) in [5.74, 6) is -0.940. The number of nitrogens with zero attached hydrogens (tertiary/aromatic N) is 1. The molecule has 1 rings (SSSR count). The average Bonchev–Trinajstić information content (AvgIpc) is 2.84. The van der Waals surface area contributed by atoms with Gasteiger partial charge in [-0.3, -0.25) is 9.69 Å². The first-order valence-electron chi connectivity index (χ1n) is 7.11. The van der Waals surface area contributed by atoms with E-state index in [1.165, 1.54) is 0 Å². The highest BCUT2D eigenvalue weighted by Crippen LogP contribution is 2.22. The summed E-state index contributed by atoms with van der Waals surface area (Å²) in [4.78, 5) is 13.5. The number of hydrogen-bond acceptors (Lipinski definition) is 4. The van der Waals surface area contributed by atoms with Gasteiger partial charge in [0.25, 0.3) is 0 Å². The molecule has 108 valence electrons. The molecule has 19 heavy (non-hydrogen) atoms. The van der Waals surface area contributed by atoms with Crippen LogP contribution < -0.4 is 5.73 Å². The minimum atomic E-state index is -1.17. The van der Waals surface area contributed by atoms with Crippen LogP contribution >= 0.6 is 0 Å². The Balaban J connectivity index is 2.46. The van der Waals surface area contributed by atoms with Gasteiger partial charge in [0.15, 0.2) is 0 Å². The number of aliphatic hydroxyl groups is 1. The van der Waals surface area contributed by atoms with Crippen LogP contribution in [0.1, 0.15) is 38.5 Å². The molecule has 0 amide bonds. The van der Waals surface area contributed by atoms with E-state index in [1.807, 2.05) is 0 Å². The van der Waals surface area contributed by atoms with Crippen molar-refractivity contribution in [3.63, 3.8) is 0 Å². The van der Waals surface area contributed by atoms with Crippen molar-refractivity contribution in [2.24, 2.45) is 5.73 Å². The van der Waals surface area contributed by atoms with Crippen molar-refractivity contribution >= 4 is 13.8 Å². The Morgan fingerprint density at radius 2 is 2.16 bits per heavy atom. The second-order valence-corrected chi connectivity index (χ2v) is 5.47. The van der Waals surface area contributed by atoms with Crippen LogP contribution in [0.2, 0.25) is 6.32 Å². The molecule has 1 aliphatic heterocycles. The average molecular weight is 268 g/mol. The highest BCUT2D eigenvalue weighted by atomic mass is 16.4. The van der Waals surface area contributed by atoms with Gasteiger partial charge in [-0.25, -0.2) is 0 Å². The van der Waals surface area contributed by atoms with Gasteiger partial charge in [-0.2, -0.15) is 0 Å². The second kappa shape index (κ2) is 7.87. The van der Waals surface area contributed by atoms with Gasteiger partial charge in [0.05, 0.1) is 14.5 Å². The van der Waals surface area contributed by atoms with Crippen molar-refractivity contribution in [3.05, 3.63) is 0 Å². The molecule has 0 aliphatic carbocycles. The molecule has 2 radical (unpaired) electrons. The Bertz CT molecular complexity index is 291. The molecule has 2 atom stereocenters. The maximum absolute atomic E-state index is 11.3. The van der Waals surface area contributed by atoms with Crippen molar-refractivity contribution in [1.29, 1.82) is 0 Å². The van der Waals surface area contributed by atoms with Gasteiger partial charge < -0.3 is 15.9 Å². The number of rotatable bonds is 9. The molecule has 0 unspecified atom stereocenters. The van der Waals surface area contributed by atoms with Crippen LogP contribution in [0.25, 0.3) is 0 Å². The van der Waals surface area contributed by atoms with E-state index in [0.717, 1.165) is 32.2 Å². The summed E-state index contributed by atoms with van der Waals surface area (Å²) in [6, 6.07) is 0.169. The lowest BCUT2D eigenvalue weighted by Crippen LogP contribution is -2.50. The summed E-state index contributed by atoms with van der Waals surface area (Å²) < 4.78 is 0. The topological polar surface area (TPSA) is 86.8 Å². The largest absolute Gasteiger partial charge is 0.480 e. The number of carboxylic acid groups (broad SMARTS) is 1. The first-order valence-corrected chi connectivity index (χ1v) is 7.11. The lowest BCUT2D eigenvalue weighted by atomic mass is 9.88. The third-order valence-corrected chi connectivity index (χ3v) is 4.06. The molecule has 1 heterocycles. The monoisotopic (exact) mass is 268 g/mol. The quantitative estimate of drug-likeness (QED) is 0.415. The van der Waals surface area contributed by atoms with Crippen molar-refractivity contribution in [3.8, 4) is 0 Å². The van der Waals surface area contributed by atoms with Gasteiger partial charge in [-0.1, -0.05) is 19.2 Å². The molecule has 1 saturated heterocycles. The van der Waals surface area contributed by atoms with Crippen LogP contribution in [0, 0.1) is 0 Å². The second-order valence-electron chi connectivity index (χ2n) is 5.47. The number of aliphatic carboxylic acids is 1. The highest BCUT2D eigenvalue weighted by Gasteiger charge is 2.35. The Morgan fingerprint density at radius 3 is 2.74 bits per heavy atom. The molecule has 0 spiro atoms. The Labute approximate surface area is 116 Å². The van der Waals surface area contributed by atoms with E-state index in [1.54, 1.807) is 0 Å². The highest BCUT2D eigenvalue weighted by molar-refractivity contribution is 6.08. The van der Waals surface area contributed by atoms with Crippen molar-refractivity contribution < 1.29 is 15.0 Å². The minimum Gasteiger partial charge on any atom is -0.480 e. The first kappa shape index (κ1) is 16.5. The molecule has 0 bridgehead atoms. The van der Waals surface area contributed by atoms with E-state index in [4.69, 9.17) is 13.6 Å². The van der Waals surface area contributed by atoms with Gasteiger partial charge in [0, 0.05) is 12.6 Å². The molecular weight excluding hydrogens is 243 g/mol. The number of likely N-dealkylation sites (tertiary alicyclic amines) is 1. The minimum absolute atomic E-state index is 0.137. The zero-order valence-electron chi connectivity index (χ0n) is 11.6. The van der Waals surface area contributed by atoms with Gasteiger partial charge in [-0.15, -0.1) is 0 Å². The van der Waals surface area contributed by atoms with Gasteiger partial charge in [-0.05, 0) is 32.2 Å². The van der Waals surface area contributed by atoms with E-state index in [9.17, 15) is 15.0 Å². The summed E-state index contributed by atoms with van der Waals surface area (Å²) in [5.41, 5.74) is 4.85. The van der Waals surface area contributed by atoms with Crippen LogP contribution in [0.5, 0.6) is 0 Å². The molecule has 6 heteroatoms. The van der Waals surface area contributed by atoms with Crippen LogP contribution in [0.15, 0.2) is 0 Å². The number of unbranched alkanes of at least 4 members (excludes halogenated alkanes) is 1. The maximum Gasteiger partial charge on any atom is 0.323 e. The number of carboxylic acids is 1. The summed E-state index contributed by atoms with van der Waals surface area (Å²) >= 11 is 0. The van der Waals surface area contributed by atoms with Gasteiger partial charge in [0.2, 0.25) is 0 Å². The number of nitrogens with two attached hydrogens (primary N) is 1. The number of carbonyl (C=O) groups is 1. The van der Waals surface area contributed by atoms with Gasteiger partial charge in [0.1, 0.15) is 5.54 Å². The SMILES string of the molecule is [B]CCCC[C@@](N)(CCN1CCC[C@@H]1CO)C(=O)O. The normalized spacial score (nSPS) is 23.4. The molecule has 0 aromatic rings. The van der Waals surface area contributed by atoms with Crippen molar-refractivity contribution in [2.45, 2.75) is 56.4 Å². The summed E-state index contributed by atoms with van der Waals surface area (Å²) in [5, 5.41) is 18.5. The first-order chi connectivity index (χ1) is 9.03. The predicted octanol–water partition coefficient (Wildman–Crippen LogP) is 0.372. The smallest absolute Gasteiger partial charge is 0.323 e. The molecule has 4 N–H and O–H groups in total. The Morgan fingerprint density at radius 1 is 1.42 bits per heavy atom. The fraction of sp³-hybridized carbons (Fsp3) is 0.923. The summed E-state index contributed by atoms with van der Waals surface area (Å²) in [7, 11) is 5.42. The zero-order chi connectivity index (χ0) is 14.3.